The van der Waals surface area contributed by atoms with E-state index in [2.05, 4.69) is 37.4 Å². The summed E-state index contributed by atoms with van der Waals surface area (Å²) in [7, 11) is 0. The first-order valence-electron chi connectivity index (χ1n) is 7.23. The van der Waals surface area contributed by atoms with Crippen molar-refractivity contribution in [2.45, 2.75) is 33.1 Å². The normalized spacial score (nSPS) is 22.2. The number of hydrogen-bond acceptors (Lipinski definition) is 2. The molecule has 102 valence electrons. The van der Waals surface area contributed by atoms with Gasteiger partial charge in [-0.25, -0.2) is 0 Å². The molecule has 2 fully saturated rings. The van der Waals surface area contributed by atoms with E-state index in [0.29, 0.717) is 5.91 Å². The summed E-state index contributed by atoms with van der Waals surface area (Å²) < 4.78 is 0. The standard InChI is InChI=1S/C16H22N2O/c1-12-4-3-5-14(13(12)2)18-11-8-16(15(18)19)6-9-17-10-7-16/h3-5,17H,6-11H2,1-2H3. The lowest BCUT2D eigenvalue weighted by molar-refractivity contribution is -0.126. The van der Waals surface area contributed by atoms with Crippen LogP contribution in [0.1, 0.15) is 30.4 Å². The number of carbonyl (C=O) groups is 1. The van der Waals surface area contributed by atoms with Gasteiger partial charge in [0.15, 0.2) is 0 Å². The van der Waals surface area contributed by atoms with Gasteiger partial charge in [-0.15, -0.1) is 0 Å². The summed E-state index contributed by atoms with van der Waals surface area (Å²) in [4.78, 5) is 14.9. The maximum absolute atomic E-state index is 12.8. The fourth-order valence-electron chi connectivity index (χ4n) is 3.45. The Morgan fingerprint density at radius 2 is 1.89 bits per heavy atom. The predicted molar refractivity (Wildman–Crippen MR) is 77.4 cm³/mol. The monoisotopic (exact) mass is 258 g/mol. The van der Waals surface area contributed by atoms with Crippen LogP contribution in [0.4, 0.5) is 5.69 Å². The summed E-state index contributed by atoms with van der Waals surface area (Å²) in [6, 6.07) is 6.25. The molecule has 0 bridgehead atoms. The molecule has 1 amide bonds. The van der Waals surface area contributed by atoms with Crippen molar-refractivity contribution in [1.29, 1.82) is 0 Å². The number of anilines is 1. The molecule has 19 heavy (non-hydrogen) atoms. The largest absolute Gasteiger partial charge is 0.317 e. The highest BCUT2D eigenvalue weighted by molar-refractivity contribution is 6.00. The van der Waals surface area contributed by atoms with Crippen LogP contribution in [-0.4, -0.2) is 25.5 Å². The van der Waals surface area contributed by atoms with Crippen LogP contribution in [-0.2, 0) is 4.79 Å². The van der Waals surface area contributed by atoms with E-state index in [1.807, 2.05) is 4.90 Å². The van der Waals surface area contributed by atoms with Gasteiger partial charge < -0.3 is 10.2 Å². The Labute approximate surface area is 115 Å². The molecule has 1 aromatic rings. The van der Waals surface area contributed by atoms with Crippen LogP contribution in [0.3, 0.4) is 0 Å². The zero-order valence-corrected chi connectivity index (χ0v) is 11.8. The van der Waals surface area contributed by atoms with Gasteiger partial charge in [0, 0.05) is 12.2 Å². The van der Waals surface area contributed by atoms with Crippen LogP contribution in [0.5, 0.6) is 0 Å². The Morgan fingerprint density at radius 3 is 2.63 bits per heavy atom. The second kappa shape index (κ2) is 4.64. The molecular formula is C16H22N2O. The number of amides is 1. The lowest BCUT2D eigenvalue weighted by Crippen LogP contribution is -2.42. The third kappa shape index (κ3) is 1.96. The van der Waals surface area contributed by atoms with Crippen molar-refractivity contribution in [3.05, 3.63) is 29.3 Å². The summed E-state index contributed by atoms with van der Waals surface area (Å²) in [6.07, 6.45) is 3.00. The summed E-state index contributed by atoms with van der Waals surface area (Å²) in [6.45, 7) is 7.06. The van der Waals surface area contributed by atoms with Gasteiger partial charge in [-0.2, -0.15) is 0 Å². The average molecular weight is 258 g/mol. The Balaban J connectivity index is 1.91. The van der Waals surface area contributed by atoms with Crippen LogP contribution in [0.2, 0.25) is 0 Å². The average Bonchev–Trinajstić information content (AvgIpc) is 2.72. The molecule has 0 aliphatic carbocycles. The number of nitrogens with one attached hydrogen (secondary N) is 1. The zero-order chi connectivity index (χ0) is 13.5. The molecule has 3 heteroatoms. The Morgan fingerprint density at radius 1 is 1.16 bits per heavy atom. The first-order valence-corrected chi connectivity index (χ1v) is 7.23. The van der Waals surface area contributed by atoms with Crippen molar-refractivity contribution >= 4 is 11.6 Å². The van der Waals surface area contributed by atoms with E-state index in [0.717, 1.165) is 44.6 Å². The van der Waals surface area contributed by atoms with E-state index in [4.69, 9.17) is 0 Å². The highest BCUT2D eigenvalue weighted by Crippen LogP contribution is 2.42. The summed E-state index contributed by atoms with van der Waals surface area (Å²) in [5.41, 5.74) is 3.53. The van der Waals surface area contributed by atoms with Crippen LogP contribution >= 0.6 is 0 Å². The number of rotatable bonds is 1. The van der Waals surface area contributed by atoms with Gasteiger partial charge in [-0.1, -0.05) is 12.1 Å². The van der Waals surface area contributed by atoms with Crippen LogP contribution in [0.15, 0.2) is 18.2 Å². The van der Waals surface area contributed by atoms with Crippen LogP contribution < -0.4 is 10.2 Å². The molecule has 1 aromatic carbocycles. The van der Waals surface area contributed by atoms with E-state index in [9.17, 15) is 4.79 Å². The Bertz CT molecular complexity index is 503. The van der Waals surface area contributed by atoms with Gasteiger partial charge in [0.2, 0.25) is 5.91 Å². The lowest BCUT2D eigenvalue weighted by atomic mass is 9.77. The molecule has 2 aliphatic heterocycles. The highest BCUT2D eigenvalue weighted by atomic mass is 16.2. The van der Waals surface area contributed by atoms with Crippen LogP contribution in [0.25, 0.3) is 0 Å². The topological polar surface area (TPSA) is 32.3 Å². The maximum atomic E-state index is 12.8. The lowest BCUT2D eigenvalue weighted by Gasteiger charge is -2.32. The van der Waals surface area contributed by atoms with Crippen molar-refractivity contribution < 1.29 is 4.79 Å². The number of aryl methyl sites for hydroxylation is 1. The number of hydrogen-bond donors (Lipinski definition) is 1. The van der Waals surface area contributed by atoms with Gasteiger partial charge >= 0.3 is 0 Å². The SMILES string of the molecule is Cc1cccc(N2CCC3(CCNCC3)C2=O)c1C. The van der Waals surface area contributed by atoms with Gasteiger partial charge in [-0.05, 0) is 63.4 Å². The molecule has 0 radical (unpaired) electrons. The number of piperidine rings is 1. The van der Waals surface area contributed by atoms with Gasteiger partial charge in [0.1, 0.15) is 0 Å². The number of carbonyl (C=O) groups excluding carboxylic acids is 1. The maximum Gasteiger partial charge on any atom is 0.233 e. The molecule has 1 spiro atoms. The number of nitrogens with zero attached hydrogens (tertiary/aromatic N) is 1. The molecule has 0 aromatic heterocycles. The second-order valence-electron chi connectivity index (χ2n) is 5.96. The minimum Gasteiger partial charge on any atom is -0.317 e. The molecule has 3 nitrogen and oxygen atoms in total. The van der Waals surface area contributed by atoms with Crippen molar-refractivity contribution in [2.24, 2.45) is 5.41 Å². The Kier molecular flexibility index (Phi) is 3.09. The first-order chi connectivity index (χ1) is 9.14. The fraction of sp³-hybridized carbons (Fsp3) is 0.562. The fourth-order valence-corrected chi connectivity index (χ4v) is 3.45. The van der Waals surface area contributed by atoms with E-state index in [1.165, 1.54) is 11.1 Å². The minimum absolute atomic E-state index is 0.0819. The quantitative estimate of drug-likeness (QED) is 0.839. The number of benzene rings is 1. The van der Waals surface area contributed by atoms with Gasteiger partial charge in [-0.3, -0.25) is 4.79 Å². The van der Waals surface area contributed by atoms with E-state index < -0.39 is 0 Å². The second-order valence-corrected chi connectivity index (χ2v) is 5.96. The molecule has 0 atom stereocenters. The molecule has 0 saturated carbocycles. The molecule has 2 aliphatic rings. The predicted octanol–water partition coefficient (Wildman–Crippen LogP) is 2.41. The van der Waals surface area contributed by atoms with Gasteiger partial charge in [0.05, 0.1) is 5.41 Å². The minimum atomic E-state index is -0.0819. The third-order valence-electron chi connectivity index (χ3n) is 4.94. The van der Waals surface area contributed by atoms with Crippen LogP contribution in [0, 0.1) is 19.3 Å². The molecule has 3 rings (SSSR count). The summed E-state index contributed by atoms with van der Waals surface area (Å²) >= 11 is 0. The van der Waals surface area contributed by atoms with Gasteiger partial charge in [0.25, 0.3) is 0 Å². The molecular weight excluding hydrogens is 236 g/mol. The third-order valence-corrected chi connectivity index (χ3v) is 4.94. The van der Waals surface area contributed by atoms with Crippen molar-refractivity contribution in [3.63, 3.8) is 0 Å². The van der Waals surface area contributed by atoms with E-state index in [1.54, 1.807) is 0 Å². The van der Waals surface area contributed by atoms with Crippen molar-refractivity contribution in [2.75, 3.05) is 24.5 Å². The summed E-state index contributed by atoms with van der Waals surface area (Å²) in [5, 5.41) is 3.36. The van der Waals surface area contributed by atoms with E-state index >= 15 is 0 Å². The smallest absolute Gasteiger partial charge is 0.233 e. The zero-order valence-electron chi connectivity index (χ0n) is 11.8. The molecule has 2 saturated heterocycles. The first kappa shape index (κ1) is 12.7. The van der Waals surface area contributed by atoms with Crippen molar-refractivity contribution in [1.82, 2.24) is 5.32 Å². The highest BCUT2D eigenvalue weighted by Gasteiger charge is 2.47. The van der Waals surface area contributed by atoms with Crippen molar-refractivity contribution in [3.8, 4) is 0 Å². The molecule has 1 N–H and O–H groups in total. The van der Waals surface area contributed by atoms with E-state index in [-0.39, 0.29) is 5.41 Å². The molecule has 2 heterocycles. The molecule has 0 unspecified atom stereocenters. The Hall–Kier alpha value is -1.35. The summed E-state index contributed by atoms with van der Waals surface area (Å²) in [5.74, 6) is 0.350.